The minimum absolute atomic E-state index is 0.238. The molecule has 1 nitrogen and oxygen atoms in total. The zero-order valence-corrected chi connectivity index (χ0v) is 8.36. The summed E-state index contributed by atoms with van der Waals surface area (Å²) in [6, 6.07) is 4.01. The van der Waals surface area contributed by atoms with Gasteiger partial charge in [-0.1, -0.05) is 12.1 Å². The van der Waals surface area contributed by atoms with Gasteiger partial charge in [0.1, 0.15) is 0 Å². The highest BCUT2D eigenvalue weighted by molar-refractivity contribution is 9.10. The summed E-state index contributed by atoms with van der Waals surface area (Å²) in [6.07, 6.45) is 0. The molecular weight excluding hydrogens is 266 g/mol. The smallest absolute Gasteiger partial charge is 0.367 e. The van der Waals surface area contributed by atoms with Crippen LogP contribution in [-0.2, 0) is 5.92 Å². The van der Waals surface area contributed by atoms with E-state index in [1.54, 1.807) is 15.9 Å². The third-order valence-electron chi connectivity index (χ3n) is 1.63. The van der Waals surface area contributed by atoms with Crippen molar-refractivity contribution in [1.29, 1.82) is 0 Å². The standard InChI is InChI=1S/C8H6BrF4N/c9-8(12,13)7(10,11)5-1-3-6(14)4-2-5/h1-4H,14H2. The Morgan fingerprint density at radius 1 is 1.00 bits per heavy atom. The van der Waals surface area contributed by atoms with Crippen LogP contribution in [0.3, 0.4) is 0 Å². The molecule has 0 aliphatic carbocycles. The number of benzene rings is 1. The summed E-state index contributed by atoms with van der Waals surface area (Å²) in [5, 5.41) is 0. The number of halogens is 5. The van der Waals surface area contributed by atoms with Crippen molar-refractivity contribution >= 4 is 21.6 Å². The van der Waals surface area contributed by atoms with Gasteiger partial charge in [0.25, 0.3) is 0 Å². The van der Waals surface area contributed by atoms with E-state index in [4.69, 9.17) is 5.73 Å². The van der Waals surface area contributed by atoms with E-state index < -0.39 is 16.3 Å². The molecule has 0 atom stereocenters. The van der Waals surface area contributed by atoms with Crippen molar-refractivity contribution < 1.29 is 17.6 Å². The van der Waals surface area contributed by atoms with E-state index in [0.29, 0.717) is 0 Å². The van der Waals surface area contributed by atoms with Gasteiger partial charge in [-0.2, -0.15) is 17.6 Å². The second kappa shape index (κ2) is 3.42. The van der Waals surface area contributed by atoms with Crippen LogP contribution in [0, 0.1) is 0 Å². The van der Waals surface area contributed by atoms with Gasteiger partial charge in [0.2, 0.25) is 0 Å². The van der Waals surface area contributed by atoms with Gasteiger partial charge in [-0.25, -0.2) is 0 Å². The number of nitrogens with two attached hydrogens (primary N) is 1. The van der Waals surface area contributed by atoms with Crippen LogP contribution in [0.15, 0.2) is 24.3 Å². The fourth-order valence-electron chi connectivity index (χ4n) is 0.856. The Hall–Kier alpha value is -0.780. The molecule has 0 unspecified atom stereocenters. The SMILES string of the molecule is Nc1ccc(C(F)(F)C(F)(F)Br)cc1. The van der Waals surface area contributed by atoms with Crippen molar-refractivity contribution in [1.82, 2.24) is 0 Å². The monoisotopic (exact) mass is 271 g/mol. The Bertz CT molecular complexity index is 317. The normalized spacial score (nSPS) is 12.9. The minimum Gasteiger partial charge on any atom is -0.399 e. The number of hydrogen-bond acceptors (Lipinski definition) is 1. The lowest BCUT2D eigenvalue weighted by Gasteiger charge is -2.21. The van der Waals surface area contributed by atoms with Crippen LogP contribution in [0.5, 0.6) is 0 Å². The van der Waals surface area contributed by atoms with Crippen LogP contribution < -0.4 is 5.73 Å². The summed E-state index contributed by atoms with van der Waals surface area (Å²) in [5.41, 5.74) is 4.69. The van der Waals surface area contributed by atoms with E-state index in [-0.39, 0.29) is 5.69 Å². The average molecular weight is 272 g/mol. The molecular formula is C8H6BrF4N. The van der Waals surface area contributed by atoms with Crippen molar-refractivity contribution in [3.63, 3.8) is 0 Å². The molecule has 0 fully saturated rings. The Morgan fingerprint density at radius 3 is 1.79 bits per heavy atom. The number of hydrogen-bond donors (Lipinski definition) is 1. The van der Waals surface area contributed by atoms with E-state index in [0.717, 1.165) is 24.3 Å². The van der Waals surface area contributed by atoms with Crippen molar-refractivity contribution in [2.45, 2.75) is 10.8 Å². The molecule has 6 heteroatoms. The Morgan fingerprint density at radius 2 is 1.43 bits per heavy atom. The van der Waals surface area contributed by atoms with Crippen molar-refractivity contribution in [3.05, 3.63) is 29.8 Å². The van der Waals surface area contributed by atoms with Gasteiger partial charge < -0.3 is 5.73 Å². The van der Waals surface area contributed by atoms with Gasteiger partial charge in [-0.15, -0.1) is 0 Å². The summed E-state index contributed by atoms with van der Waals surface area (Å²) in [4.78, 5) is -4.27. The molecule has 0 radical (unpaired) electrons. The Labute approximate surface area is 86.0 Å². The third kappa shape index (κ3) is 2.00. The highest BCUT2D eigenvalue weighted by Gasteiger charge is 2.55. The first-order valence-electron chi connectivity index (χ1n) is 3.55. The Kier molecular flexibility index (Phi) is 2.76. The van der Waals surface area contributed by atoms with Gasteiger partial charge >= 0.3 is 10.8 Å². The fourth-order valence-corrected chi connectivity index (χ4v) is 1.09. The predicted octanol–water partition coefficient (Wildman–Crippen LogP) is 3.35. The molecule has 1 aromatic carbocycles. The second-order valence-corrected chi connectivity index (χ2v) is 3.69. The van der Waals surface area contributed by atoms with E-state index in [1.165, 1.54) is 0 Å². The quantitative estimate of drug-likeness (QED) is 0.498. The first kappa shape index (κ1) is 11.3. The van der Waals surface area contributed by atoms with Gasteiger partial charge in [0, 0.05) is 11.3 Å². The number of anilines is 1. The highest BCUT2D eigenvalue weighted by Crippen LogP contribution is 2.46. The maximum absolute atomic E-state index is 13.0. The molecule has 0 aliphatic rings. The van der Waals surface area contributed by atoms with Crippen LogP contribution in [0.2, 0.25) is 0 Å². The minimum atomic E-state index is -4.27. The predicted molar refractivity (Wildman–Crippen MR) is 48.6 cm³/mol. The maximum atomic E-state index is 13.0. The molecule has 2 N–H and O–H groups in total. The largest absolute Gasteiger partial charge is 0.399 e. The molecule has 0 saturated carbocycles. The van der Waals surface area contributed by atoms with E-state index in [9.17, 15) is 17.6 Å². The molecule has 14 heavy (non-hydrogen) atoms. The summed E-state index contributed by atoms with van der Waals surface area (Å²) >= 11 is 1.64. The molecule has 78 valence electrons. The molecule has 0 aliphatic heterocycles. The van der Waals surface area contributed by atoms with Crippen LogP contribution in [0.25, 0.3) is 0 Å². The van der Waals surface area contributed by atoms with E-state index in [1.807, 2.05) is 0 Å². The lowest BCUT2D eigenvalue weighted by atomic mass is 10.1. The van der Waals surface area contributed by atoms with E-state index >= 15 is 0 Å². The molecule has 0 aromatic heterocycles. The topological polar surface area (TPSA) is 26.0 Å². The maximum Gasteiger partial charge on any atom is 0.367 e. The molecule has 0 spiro atoms. The fraction of sp³-hybridized carbons (Fsp3) is 0.250. The van der Waals surface area contributed by atoms with Crippen molar-refractivity contribution in [2.75, 3.05) is 5.73 Å². The molecule has 1 aromatic rings. The lowest BCUT2D eigenvalue weighted by Crippen LogP contribution is -2.32. The highest BCUT2D eigenvalue weighted by atomic mass is 79.9. The summed E-state index contributed by atoms with van der Waals surface area (Å²) in [6.45, 7) is 0. The van der Waals surface area contributed by atoms with Gasteiger partial charge in [-0.3, -0.25) is 0 Å². The van der Waals surface area contributed by atoms with Gasteiger partial charge in [0.05, 0.1) is 0 Å². The third-order valence-corrected chi connectivity index (χ3v) is 2.13. The molecule has 1 rings (SSSR count). The molecule has 0 heterocycles. The first-order chi connectivity index (χ1) is 6.25. The zero-order valence-electron chi connectivity index (χ0n) is 6.78. The van der Waals surface area contributed by atoms with Crippen molar-refractivity contribution in [2.24, 2.45) is 0 Å². The molecule has 0 saturated heterocycles. The van der Waals surface area contributed by atoms with Crippen LogP contribution in [0.4, 0.5) is 23.2 Å². The van der Waals surface area contributed by atoms with Crippen LogP contribution in [-0.4, -0.2) is 4.83 Å². The average Bonchev–Trinajstić information content (AvgIpc) is 2.03. The van der Waals surface area contributed by atoms with Gasteiger partial charge in [-0.05, 0) is 28.1 Å². The van der Waals surface area contributed by atoms with Crippen LogP contribution >= 0.6 is 15.9 Å². The van der Waals surface area contributed by atoms with Crippen LogP contribution in [0.1, 0.15) is 5.56 Å². The number of nitrogen functional groups attached to an aromatic ring is 1. The second-order valence-electron chi connectivity index (χ2n) is 2.69. The molecule has 0 bridgehead atoms. The zero-order chi connectivity index (χ0) is 11.0. The van der Waals surface area contributed by atoms with Crippen molar-refractivity contribution in [3.8, 4) is 0 Å². The number of alkyl halides is 5. The first-order valence-corrected chi connectivity index (χ1v) is 4.35. The Balaban J connectivity index is 3.10. The lowest BCUT2D eigenvalue weighted by molar-refractivity contribution is -0.153. The number of rotatable bonds is 2. The van der Waals surface area contributed by atoms with Gasteiger partial charge in [0.15, 0.2) is 0 Å². The molecule has 0 amide bonds. The van der Waals surface area contributed by atoms with E-state index in [2.05, 4.69) is 0 Å². The summed E-state index contributed by atoms with van der Waals surface area (Å²) in [5.74, 6) is -4.25. The summed E-state index contributed by atoms with van der Waals surface area (Å²) in [7, 11) is 0. The summed E-state index contributed by atoms with van der Waals surface area (Å²) < 4.78 is 50.8.